The molecule has 0 heterocycles. The smallest absolute Gasteiger partial charge is 0.239 e. The summed E-state index contributed by atoms with van der Waals surface area (Å²) in [6, 6.07) is 7.59. The number of methoxy groups -OCH3 is 1. The summed E-state index contributed by atoms with van der Waals surface area (Å²) in [5.74, 6) is 1.92. The van der Waals surface area contributed by atoms with Crippen LogP contribution in [0.4, 0.5) is 0 Å². The number of carbonyl (C=O) groups is 1. The molecule has 1 rings (SSSR count). The second-order valence-electron chi connectivity index (χ2n) is 6.27. The van der Waals surface area contributed by atoms with Crippen molar-refractivity contribution in [2.24, 2.45) is 10.9 Å². The van der Waals surface area contributed by atoms with Crippen LogP contribution in [-0.2, 0) is 16.1 Å². The topological polar surface area (TPSA) is 84.0 Å². The van der Waals surface area contributed by atoms with Gasteiger partial charge in [-0.2, -0.15) is 0 Å². The average molecular weight is 364 g/mol. The minimum Gasteiger partial charge on any atom is -0.497 e. The molecule has 146 valence electrons. The van der Waals surface area contributed by atoms with Crippen molar-refractivity contribution < 1.29 is 14.3 Å². The lowest BCUT2D eigenvalue weighted by atomic mass is 10.1. The van der Waals surface area contributed by atoms with E-state index in [1.54, 1.807) is 14.2 Å². The van der Waals surface area contributed by atoms with E-state index in [1.165, 1.54) is 0 Å². The van der Waals surface area contributed by atoms with Crippen LogP contribution in [0.1, 0.15) is 25.8 Å². The number of carbonyl (C=O) groups excluding carboxylic acids is 1. The molecule has 0 aliphatic rings. The van der Waals surface area contributed by atoms with E-state index in [2.05, 4.69) is 34.8 Å². The Labute approximate surface area is 156 Å². The first-order valence-electron chi connectivity index (χ1n) is 8.97. The van der Waals surface area contributed by atoms with Crippen LogP contribution in [0.5, 0.6) is 5.75 Å². The van der Waals surface area contributed by atoms with Crippen LogP contribution < -0.4 is 20.7 Å². The van der Waals surface area contributed by atoms with E-state index >= 15 is 0 Å². The van der Waals surface area contributed by atoms with Crippen molar-refractivity contribution in [1.29, 1.82) is 0 Å². The van der Waals surface area contributed by atoms with Gasteiger partial charge < -0.3 is 25.4 Å². The number of amides is 1. The molecule has 0 radical (unpaired) electrons. The molecule has 0 bridgehead atoms. The van der Waals surface area contributed by atoms with E-state index in [1.807, 2.05) is 24.3 Å². The molecule has 7 heteroatoms. The predicted molar refractivity (Wildman–Crippen MR) is 104 cm³/mol. The molecule has 0 aliphatic carbocycles. The summed E-state index contributed by atoms with van der Waals surface area (Å²) in [6.07, 6.45) is 1.06. The first-order chi connectivity index (χ1) is 12.5. The second kappa shape index (κ2) is 13.0. The minimum absolute atomic E-state index is 0.100. The van der Waals surface area contributed by atoms with Gasteiger partial charge in [-0.15, -0.1) is 0 Å². The van der Waals surface area contributed by atoms with Gasteiger partial charge in [-0.25, -0.2) is 0 Å². The lowest BCUT2D eigenvalue weighted by Gasteiger charge is -2.12. The van der Waals surface area contributed by atoms with Crippen LogP contribution >= 0.6 is 0 Å². The lowest BCUT2D eigenvalue weighted by Crippen LogP contribution is -2.43. The average Bonchev–Trinajstić information content (AvgIpc) is 2.65. The standard InChI is InChI=1S/C19H32N4O3/c1-15(2)9-11-26-12-10-21-19(20-3)23-14-18(24)22-13-16-5-7-17(25-4)8-6-16/h5-8,15H,9-14H2,1-4H3,(H,22,24)(H2,20,21,23). The van der Waals surface area contributed by atoms with E-state index in [4.69, 9.17) is 9.47 Å². The predicted octanol–water partition coefficient (Wildman–Crippen LogP) is 1.54. The number of benzene rings is 1. The zero-order valence-corrected chi connectivity index (χ0v) is 16.3. The highest BCUT2D eigenvalue weighted by Crippen LogP contribution is 2.10. The second-order valence-corrected chi connectivity index (χ2v) is 6.27. The number of nitrogens with zero attached hydrogens (tertiary/aromatic N) is 1. The Morgan fingerprint density at radius 3 is 2.46 bits per heavy atom. The van der Waals surface area contributed by atoms with Crippen molar-refractivity contribution in [2.45, 2.75) is 26.8 Å². The highest BCUT2D eigenvalue weighted by molar-refractivity contribution is 5.86. The molecule has 0 atom stereocenters. The maximum Gasteiger partial charge on any atom is 0.239 e. The Bertz CT molecular complexity index is 544. The summed E-state index contributed by atoms with van der Waals surface area (Å²) in [4.78, 5) is 16.0. The first kappa shape index (κ1) is 21.8. The third-order valence-corrected chi connectivity index (χ3v) is 3.67. The molecule has 0 spiro atoms. The van der Waals surface area contributed by atoms with Crippen LogP contribution in [-0.4, -0.2) is 52.3 Å². The fourth-order valence-electron chi connectivity index (χ4n) is 2.05. The number of aliphatic imine (C=N–C) groups is 1. The fourth-order valence-corrected chi connectivity index (χ4v) is 2.05. The van der Waals surface area contributed by atoms with E-state index in [-0.39, 0.29) is 12.5 Å². The van der Waals surface area contributed by atoms with Gasteiger partial charge in [0.2, 0.25) is 5.91 Å². The van der Waals surface area contributed by atoms with Gasteiger partial charge in [0.05, 0.1) is 20.3 Å². The Morgan fingerprint density at radius 1 is 1.12 bits per heavy atom. The maximum atomic E-state index is 11.9. The molecule has 7 nitrogen and oxygen atoms in total. The highest BCUT2D eigenvalue weighted by Gasteiger charge is 2.04. The largest absolute Gasteiger partial charge is 0.497 e. The van der Waals surface area contributed by atoms with Gasteiger partial charge in [0.1, 0.15) is 5.75 Å². The van der Waals surface area contributed by atoms with Crippen molar-refractivity contribution in [3.8, 4) is 5.75 Å². The van der Waals surface area contributed by atoms with Gasteiger partial charge in [0.15, 0.2) is 5.96 Å². The Balaban J connectivity index is 2.16. The van der Waals surface area contributed by atoms with Gasteiger partial charge in [-0.1, -0.05) is 26.0 Å². The van der Waals surface area contributed by atoms with Crippen molar-refractivity contribution in [2.75, 3.05) is 40.5 Å². The zero-order chi connectivity index (χ0) is 19.2. The van der Waals surface area contributed by atoms with Crippen molar-refractivity contribution >= 4 is 11.9 Å². The molecule has 1 aromatic carbocycles. The van der Waals surface area contributed by atoms with Crippen molar-refractivity contribution in [3.05, 3.63) is 29.8 Å². The van der Waals surface area contributed by atoms with Gasteiger partial charge in [0, 0.05) is 26.7 Å². The fraction of sp³-hybridized carbons (Fsp3) is 0.579. The van der Waals surface area contributed by atoms with E-state index in [9.17, 15) is 4.79 Å². The van der Waals surface area contributed by atoms with Crippen LogP contribution in [0, 0.1) is 5.92 Å². The lowest BCUT2D eigenvalue weighted by molar-refractivity contribution is -0.120. The first-order valence-corrected chi connectivity index (χ1v) is 8.97. The minimum atomic E-state index is -0.100. The molecular weight excluding hydrogens is 332 g/mol. The van der Waals surface area contributed by atoms with Crippen molar-refractivity contribution in [1.82, 2.24) is 16.0 Å². The molecule has 0 aromatic heterocycles. The van der Waals surface area contributed by atoms with Crippen LogP contribution in [0.25, 0.3) is 0 Å². The van der Waals surface area contributed by atoms with Crippen molar-refractivity contribution in [3.63, 3.8) is 0 Å². The molecule has 0 fully saturated rings. The van der Waals surface area contributed by atoms with Gasteiger partial charge in [-0.3, -0.25) is 9.79 Å². The summed E-state index contributed by atoms with van der Waals surface area (Å²) in [7, 11) is 3.30. The van der Waals surface area contributed by atoms with Gasteiger partial charge >= 0.3 is 0 Å². The molecule has 0 saturated heterocycles. The zero-order valence-electron chi connectivity index (χ0n) is 16.3. The third kappa shape index (κ3) is 9.88. The Kier molecular flexibility index (Phi) is 10.9. The summed E-state index contributed by atoms with van der Waals surface area (Å²) in [5, 5.41) is 8.96. The molecule has 0 unspecified atom stereocenters. The molecule has 26 heavy (non-hydrogen) atoms. The number of rotatable bonds is 11. The molecule has 3 N–H and O–H groups in total. The monoisotopic (exact) mass is 364 g/mol. The van der Waals surface area contributed by atoms with Gasteiger partial charge in [0.25, 0.3) is 0 Å². The highest BCUT2D eigenvalue weighted by atomic mass is 16.5. The van der Waals surface area contributed by atoms with Crippen LogP contribution in [0.3, 0.4) is 0 Å². The molecule has 0 aliphatic heterocycles. The molecule has 1 amide bonds. The molecule has 0 saturated carbocycles. The molecular formula is C19H32N4O3. The summed E-state index contributed by atoms with van der Waals surface area (Å²) in [5.41, 5.74) is 1.01. The molecule has 1 aromatic rings. The summed E-state index contributed by atoms with van der Waals surface area (Å²) < 4.78 is 10.6. The quantitative estimate of drug-likeness (QED) is 0.315. The van der Waals surface area contributed by atoms with E-state index in [0.717, 1.165) is 24.3 Å². The Morgan fingerprint density at radius 2 is 1.85 bits per heavy atom. The normalized spacial score (nSPS) is 11.3. The summed E-state index contributed by atoms with van der Waals surface area (Å²) >= 11 is 0. The maximum absolute atomic E-state index is 11.9. The van der Waals surface area contributed by atoms with E-state index in [0.29, 0.717) is 31.6 Å². The third-order valence-electron chi connectivity index (χ3n) is 3.67. The SMILES string of the molecule is CN=C(NCCOCCC(C)C)NCC(=O)NCc1ccc(OC)cc1. The number of hydrogen-bond donors (Lipinski definition) is 3. The number of nitrogens with one attached hydrogen (secondary N) is 3. The number of hydrogen-bond acceptors (Lipinski definition) is 4. The van der Waals surface area contributed by atoms with Gasteiger partial charge in [-0.05, 0) is 30.0 Å². The number of ether oxygens (including phenoxy) is 2. The van der Waals surface area contributed by atoms with Crippen LogP contribution in [0.2, 0.25) is 0 Å². The van der Waals surface area contributed by atoms with Crippen LogP contribution in [0.15, 0.2) is 29.3 Å². The summed E-state index contributed by atoms with van der Waals surface area (Å²) in [6.45, 7) is 6.99. The Hall–Kier alpha value is -2.28. The van der Waals surface area contributed by atoms with E-state index < -0.39 is 0 Å². The number of guanidine groups is 1.